The molecule has 0 aliphatic rings. The Morgan fingerprint density at radius 3 is 2.32 bits per heavy atom. The molecule has 0 saturated heterocycles. The van der Waals surface area contributed by atoms with Crippen molar-refractivity contribution in [2.24, 2.45) is 0 Å². The Balaban J connectivity index is 1.97. The van der Waals surface area contributed by atoms with Crippen LogP contribution >= 0.6 is 0 Å². The Morgan fingerprint density at radius 1 is 1.08 bits per heavy atom. The van der Waals surface area contributed by atoms with E-state index in [1.165, 1.54) is 36.4 Å². The minimum absolute atomic E-state index is 0.121. The second-order valence-electron chi connectivity index (χ2n) is 4.83. The zero-order valence-electron chi connectivity index (χ0n) is 12.6. The number of hydrogen-bond acceptors (Lipinski definition) is 3. The normalized spacial score (nSPS) is 10.6. The highest BCUT2D eigenvalue weighted by Crippen LogP contribution is 2.34. The summed E-state index contributed by atoms with van der Waals surface area (Å²) in [5, 5.41) is 2.07. The molecule has 1 amide bonds. The van der Waals surface area contributed by atoms with Crippen LogP contribution in [-0.2, 0) is 15.7 Å². The number of alkyl halides is 3. The molecule has 0 fully saturated rings. The molecule has 0 heterocycles. The Labute approximate surface area is 140 Å². The highest BCUT2D eigenvalue weighted by molar-refractivity contribution is 5.96. The van der Waals surface area contributed by atoms with Gasteiger partial charge in [-0.1, -0.05) is 36.4 Å². The molecule has 2 aromatic carbocycles. The molecule has 0 spiro atoms. The standard InChI is InChI=1S/C17H11F3N2O3/c1-21-12-8-6-11(7-9-12)16(24)25-10-15(23)22-14-5-3-2-4-13(14)17(18,19)20/h2-9H,10H2,(H,22,23). The van der Waals surface area contributed by atoms with Crippen molar-refractivity contribution in [3.8, 4) is 0 Å². The molecule has 0 saturated carbocycles. The fourth-order valence-corrected chi connectivity index (χ4v) is 1.91. The summed E-state index contributed by atoms with van der Waals surface area (Å²) in [5.41, 5.74) is -0.962. The van der Waals surface area contributed by atoms with Gasteiger partial charge in [-0.15, -0.1) is 0 Å². The van der Waals surface area contributed by atoms with Crippen molar-refractivity contribution >= 4 is 23.3 Å². The van der Waals surface area contributed by atoms with Crippen LogP contribution in [0.3, 0.4) is 0 Å². The number of hydrogen-bond donors (Lipinski definition) is 1. The van der Waals surface area contributed by atoms with Gasteiger partial charge >= 0.3 is 12.1 Å². The second-order valence-corrected chi connectivity index (χ2v) is 4.83. The number of nitrogens with zero attached hydrogens (tertiary/aromatic N) is 1. The molecule has 0 aliphatic heterocycles. The summed E-state index contributed by atoms with van der Waals surface area (Å²) in [6.07, 6.45) is -4.62. The summed E-state index contributed by atoms with van der Waals surface area (Å²) in [5.74, 6) is -1.72. The van der Waals surface area contributed by atoms with Crippen molar-refractivity contribution in [1.82, 2.24) is 0 Å². The summed E-state index contributed by atoms with van der Waals surface area (Å²) in [4.78, 5) is 26.7. The monoisotopic (exact) mass is 348 g/mol. The Hall–Kier alpha value is -3.34. The first-order valence-corrected chi connectivity index (χ1v) is 6.92. The number of halogens is 3. The van der Waals surface area contributed by atoms with Crippen molar-refractivity contribution in [1.29, 1.82) is 0 Å². The topological polar surface area (TPSA) is 59.8 Å². The van der Waals surface area contributed by atoms with Crippen molar-refractivity contribution in [3.05, 3.63) is 71.1 Å². The molecule has 0 bridgehead atoms. The highest BCUT2D eigenvalue weighted by atomic mass is 19.4. The van der Waals surface area contributed by atoms with E-state index in [1.54, 1.807) is 0 Å². The molecule has 2 aromatic rings. The maximum Gasteiger partial charge on any atom is 0.418 e. The van der Waals surface area contributed by atoms with Gasteiger partial charge in [0.2, 0.25) is 0 Å². The molecular formula is C17H11F3N2O3. The van der Waals surface area contributed by atoms with E-state index in [-0.39, 0.29) is 5.56 Å². The molecule has 25 heavy (non-hydrogen) atoms. The van der Waals surface area contributed by atoms with Gasteiger partial charge in [-0.25, -0.2) is 9.64 Å². The third-order valence-corrected chi connectivity index (χ3v) is 3.07. The minimum Gasteiger partial charge on any atom is -0.452 e. The number of benzene rings is 2. The predicted octanol–water partition coefficient (Wildman–Crippen LogP) is 4.05. The van der Waals surface area contributed by atoms with Gasteiger partial charge in [0.25, 0.3) is 5.91 Å². The zero-order valence-corrected chi connectivity index (χ0v) is 12.6. The van der Waals surface area contributed by atoms with Crippen molar-refractivity contribution in [3.63, 3.8) is 0 Å². The molecule has 0 unspecified atom stereocenters. The maximum atomic E-state index is 12.8. The molecule has 0 radical (unpaired) electrons. The average molecular weight is 348 g/mol. The van der Waals surface area contributed by atoms with Gasteiger partial charge in [-0.2, -0.15) is 13.2 Å². The van der Waals surface area contributed by atoms with E-state index in [1.807, 2.05) is 0 Å². The van der Waals surface area contributed by atoms with Gasteiger partial charge in [0.1, 0.15) is 0 Å². The molecule has 5 nitrogen and oxygen atoms in total. The number of anilines is 1. The second kappa shape index (κ2) is 7.49. The number of rotatable bonds is 4. The first-order chi connectivity index (χ1) is 11.8. The number of nitrogens with one attached hydrogen (secondary N) is 1. The van der Waals surface area contributed by atoms with Gasteiger partial charge in [0.05, 0.1) is 23.4 Å². The van der Waals surface area contributed by atoms with E-state index in [0.29, 0.717) is 5.69 Å². The molecule has 128 valence electrons. The van der Waals surface area contributed by atoms with E-state index < -0.39 is 35.9 Å². The van der Waals surface area contributed by atoms with Gasteiger partial charge < -0.3 is 10.1 Å². The summed E-state index contributed by atoms with van der Waals surface area (Å²) in [6, 6.07) is 10.00. The van der Waals surface area contributed by atoms with E-state index in [9.17, 15) is 22.8 Å². The number of carbonyl (C=O) groups is 2. The average Bonchev–Trinajstić information content (AvgIpc) is 2.59. The first kappa shape index (κ1) is 18.0. The van der Waals surface area contributed by atoms with E-state index in [4.69, 9.17) is 11.3 Å². The quantitative estimate of drug-likeness (QED) is 0.670. The van der Waals surface area contributed by atoms with Crippen LogP contribution in [0.2, 0.25) is 0 Å². The van der Waals surface area contributed by atoms with E-state index in [2.05, 4.69) is 10.2 Å². The number of ether oxygens (including phenoxy) is 1. The van der Waals surface area contributed by atoms with Crippen molar-refractivity contribution in [2.45, 2.75) is 6.18 Å². The smallest absolute Gasteiger partial charge is 0.418 e. The van der Waals surface area contributed by atoms with Crippen molar-refractivity contribution in [2.75, 3.05) is 11.9 Å². The molecule has 0 aliphatic carbocycles. The SMILES string of the molecule is [C-]#[N+]c1ccc(C(=O)OCC(=O)Nc2ccccc2C(F)(F)F)cc1. The molecular weight excluding hydrogens is 337 g/mol. The lowest BCUT2D eigenvalue weighted by Crippen LogP contribution is -2.22. The molecule has 0 atom stereocenters. The molecule has 1 N–H and O–H groups in total. The van der Waals surface area contributed by atoms with E-state index in [0.717, 1.165) is 12.1 Å². The highest BCUT2D eigenvalue weighted by Gasteiger charge is 2.33. The third-order valence-electron chi connectivity index (χ3n) is 3.07. The van der Waals surface area contributed by atoms with Crippen LogP contribution in [0.15, 0.2) is 48.5 Å². The Morgan fingerprint density at radius 2 is 1.72 bits per heavy atom. The van der Waals surface area contributed by atoms with E-state index >= 15 is 0 Å². The van der Waals surface area contributed by atoms with Crippen LogP contribution in [0.25, 0.3) is 4.85 Å². The fraction of sp³-hybridized carbons (Fsp3) is 0.118. The third kappa shape index (κ3) is 4.81. The van der Waals surface area contributed by atoms with Gasteiger partial charge in [-0.3, -0.25) is 4.79 Å². The summed E-state index contributed by atoms with van der Waals surface area (Å²) in [7, 11) is 0. The predicted molar refractivity (Wildman–Crippen MR) is 83.1 cm³/mol. The number of para-hydroxylation sites is 1. The minimum atomic E-state index is -4.62. The summed E-state index contributed by atoms with van der Waals surface area (Å²) >= 11 is 0. The van der Waals surface area contributed by atoms with Gasteiger partial charge in [0.15, 0.2) is 12.3 Å². The van der Waals surface area contributed by atoms with Gasteiger partial charge in [-0.05, 0) is 12.1 Å². The lowest BCUT2D eigenvalue weighted by molar-refractivity contribution is -0.137. The lowest BCUT2D eigenvalue weighted by Gasteiger charge is -2.13. The van der Waals surface area contributed by atoms with Crippen LogP contribution in [0.5, 0.6) is 0 Å². The maximum absolute atomic E-state index is 12.8. The number of esters is 1. The largest absolute Gasteiger partial charge is 0.452 e. The fourth-order valence-electron chi connectivity index (χ4n) is 1.91. The molecule has 0 aromatic heterocycles. The molecule has 2 rings (SSSR count). The first-order valence-electron chi connectivity index (χ1n) is 6.92. The zero-order chi connectivity index (χ0) is 18.4. The summed E-state index contributed by atoms with van der Waals surface area (Å²) < 4.78 is 43.3. The Bertz CT molecular complexity index is 824. The van der Waals surface area contributed by atoms with Crippen LogP contribution < -0.4 is 5.32 Å². The number of carbonyl (C=O) groups excluding carboxylic acids is 2. The molecule has 8 heteroatoms. The lowest BCUT2D eigenvalue weighted by atomic mass is 10.1. The summed E-state index contributed by atoms with van der Waals surface area (Å²) in [6.45, 7) is 6.06. The number of amides is 1. The Kier molecular flexibility index (Phi) is 5.39. The van der Waals surface area contributed by atoms with Crippen molar-refractivity contribution < 1.29 is 27.5 Å². The van der Waals surface area contributed by atoms with Gasteiger partial charge in [0, 0.05) is 0 Å². The van der Waals surface area contributed by atoms with Crippen LogP contribution in [0, 0.1) is 6.57 Å². The van der Waals surface area contributed by atoms with Crippen LogP contribution in [0.1, 0.15) is 15.9 Å². The van der Waals surface area contributed by atoms with Crippen LogP contribution in [0.4, 0.5) is 24.5 Å². The van der Waals surface area contributed by atoms with Crippen LogP contribution in [-0.4, -0.2) is 18.5 Å².